The van der Waals surface area contributed by atoms with Crippen molar-refractivity contribution in [2.75, 3.05) is 13.1 Å². The summed E-state index contributed by atoms with van der Waals surface area (Å²) >= 11 is 1.71. The summed E-state index contributed by atoms with van der Waals surface area (Å²) in [6.07, 6.45) is 4.41. The predicted octanol–water partition coefficient (Wildman–Crippen LogP) is 3.86. The highest BCUT2D eigenvalue weighted by atomic mass is 127. The minimum atomic E-state index is 0. The molecule has 0 unspecified atom stereocenters. The van der Waals surface area contributed by atoms with Gasteiger partial charge in [-0.3, -0.25) is 0 Å². The molecular weight excluding hydrogens is 431 g/mol. The number of rotatable bonds is 6. The van der Waals surface area contributed by atoms with Gasteiger partial charge in [0.15, 0.2) is 5.96 Å². The van der Waals surface area contributed by atoms with Crippen molar-refractivity contribution in [3.05, 3.63) is 52.0 Å². The molecule has 24 heavy (non-hydrogen) atoms. The molecule has 1 saturated carbocycles. The van der Waals surface area contributed by atoms with Crippen molar-refractivity contribution in [2.24, 2.45) is 4.99 Å². The normalized spacial score (nSPS) is 15.5. The SMILES string of the molecule is CCNC(=NCc1cnc(C)s1)NCC1(c2ccccc2)CC1.I. The van der Waals surface area contributed by atoms with E-state index >= 15 is 0 Å². The summed E-state index contributed by atoms with van der Waals surface area (Å²) in [5.41, 5.74) is 1.72. The Morgan fingerprint density at radius 2 is 2.00 bits per heavy atom. The first-order valence-corrected chi connectivity index (χ1v) is 9.02. The van der Waals surface area contributed by atoms with Crippen molar-refractivity contribution in [3.63, 3.8) is 0 Å². The van der Waals surface area contributed by atoms with Gasteiger partial charge in [0.05, 0.1) is 11.6 Å². The molecule has 3 rings (SSSR count). The molecule has 0 amide bonds. The molecule has 1 aliphatic rings. The van der Waals surface area contributed by atoms with Crippen LogP contribution in [0.3, 0.4) is 0 Å². The first kappa shape index (κ1) is 19.2. The molecule has 1 aromatic heterocycles. The summed E-state index contributed by atoms with van der Waals surface area (Å²) in [6.45, 7) is 6.60. The zero-order valence-corrected chi connectivity index (χ0v) is 17.4. The summed E-state index contributed by atoms with van der Waals surface area (Å²) in [6, 6.07) is 10.8. The minimum Gasteiger partial charge on any atom is -0.357 e. The fraction of sp³-hybridized carbons (Fsp3) is 0.444. The molecule has 1 fully saturated rings. The summed E-state index contributed by atoms with van der Waals surface area (Å²) < 4.78 is 0. The van der Waals surface area contributed by atoms with E-state index in [4.69, 9.17) is 0 Å². The highest BCUT2D eigenvalue weighted by molar-refractivity contribution is 14.0. The lowest BCUT2D eigenvalue weighted by molar-refractivity contribution is 0.646. The summed E-state index contributed by atoms with van der Waals surface area (Å²) in [5, 5.41) is 7.95. The lowest BCUT2D eigenvalue weighted by Gasteiger charge is -2.19. The summed E-state index contributed by atoms with van der Waals surface area (Å²) in [7, 11) is 0. The van der Waals surface area contributed by atoms with Crippen LogP contribution in [0.4, 0.5) is 0 Å². The first-order chi connectivity index (χ1) is 11.2. The molecule has 0 radical (unpaired) electrons. The van der Waals surface area contributed by atoms with Gasteiger partial charge in [0.1, 0.15) is 0 Å². The molecule has 0 aliphatic heterocycles. The number of aliphatic imine (C=N–C) groups is 1. The molecular formula is C18H25IN4S. The van der Waals surface area contributed by atoms with Crippen molar-refractivity contribution >= 4 is 41.3 Å². The van der Waals surface area contributed by atoms with E-state index in [-0.39, 0.29) is 24.0 Å². The number of guanidine groups is 1. The topological polar surface area (TPSA) is 49.3 Å². The van der Waals surface area contributed by atoms with Crippen LogP contribution in [-0.4, -0.2) is 24.0 Å². The Morgan fingerprint density at radius 3 is 2.58 bits per heavy atom. The Labute approximate surface area is 165 Å². The summed E-state index contributed by atoms with van der Waals surface area (Å²) in [4.78, 5) is 10.2. The molecule has 4 nitrogen and oxygen atoms in total. The van der Waals surface area contributed by atoms with Gasteiger partial charge in [0, 0.05) is 29.6 Å². The van der Waals surface area contributed by atoms with Crippen LogP contribution < -0.4 is 10.6 Å². The number of hydrogen-bond acceptors (Lipinski definition) is 3. The van der Waals surface area contributed by atoms with Gasteiger partial charge in [-0.15, -0.1) is 35.3 Å². The number of nitrogens with one attached hydrogen (secondary N) is 2. The fourth-order valence-electron chi connectivity index (χ4n) is 2.74. The second kappa shape index (κ2) is 8.80. The lowest BCUT2D eigenvalue weighted by Crippen LogP contribution is -2.41. The average Bonchev–Trinajstić information content (AvgIpc) is 3.26. The van der Waals surface area contributed by atoms with Crippen LogP contribution in [-0.2, 0) is 12.0 Å². The Kier molecular flexibility index (Phi) is 7.03. The van der Waals surface area contributed by atoms with Crippen molar-refractivity contribution < 1.29 is 0 Å². The third-order valence-corrected chi connectivity index (χ3v) is 5.14. The number of hydrogen-bond donors (Lipinski definition) is 2. The van der Waals surface area contributed by atoms with Crippen LogP contribution in [0.2, 0.25) is 0 Å². The Bertz CT molecular complexity index is 665. The second-order valence-corrected chi connectivity index (χ2v) is 7.36. The number of halogens is 1. The molecule has 1 aliphatic carbocycles. The Hall–Kier alpha value is -1.15. The monoisotopic (exact) mass is 456 g/mol. The molecule has 2 N–H and O–H groups in total. The zero-order chi connectivity index (χ0) is 16.1. The van der Waals surface area contributed by atoms with Crippen LogP contribution in [0, 0.1) is 6.92 Å². The van der Waals surface area contributed by atoms with Crippen molar-refractivity contribution in [1.82, 2.24) is 15.6 Å². The third kappa shape index (κ3) is 4.92. The van der Waals surface area contributed by atoms with Gasteiger partial charge in [-0.1, -0.05) is 30.3 Å². The largest absolute Gasteiger partial charge is 0.357 e. The highest BCUT2D eigenvalue weighted by Crippen LogP contribution is 2.47. The number of thiazole rings is 1. The Morgan fingerprint density at radius 1 is 1.25 bits per heavy atom. The van der Waals surface area contributed by atoms with Crippen LogP contribution in [0.1, 0.15) is 35.2 Å². The minimum absolute atomic E-state index is 0. The van der Waals surface area contributed by atoms with Crippen LogP contribution in [0.5, 0.6) is 0 Å². The van der Waals surface area contributed by atoms with E-state index in [9.17, 15) is 0 Å². The first-order valence-electron chi connectivity index (χ1n) is 8.21. The van der Waals surface area contributed by atoms with Gasteiger partial charge < -0.3 is 10.6 Å². The number of aromatic nitrogens is 1. The van der Waals surface area contributed by atoms with Gasteiger partial charge in [0.2, 0.25) is 0 Å². The van der Waals surface area contributed by atoms with E-state index in [0.29, 0.717) is 12.0 Å². The van der Waals surface area contributed by atoms with E-state index in [1.165, 1.54) is 23.3 Å². The second-order valence-electron chi connectivity index (χ2n) is 6.04. The molecule has 6 heteroatoms. The van der Waals surface area contributed by atoms with Crippen molar-refractivity contribution in [3.8, 4) is 0 Å². The van der Waals surface area contributed by atoms with Crippen LogP contribution >= 0.6 is 35.3 Å². The number of aryl methyl sites for hydroxylation is 1. The quantitative estimate of drug-likeness (QED) is 0.395. The van der Waals surface area contributed by atoms with E-state index in [0.717, 1.165) is 24.1 Å². The van der Waals surface area contributed by atoms with Crippen molar-refractivity contribution in [1.29, 1.82) is 0 Å². The number of benzene rings is 1. The average molecular weight is 456 g/mol. The highest BCUT2D eigenvalue weighted by Gasteiger charge is 2.43. The smallest absolute Gasteiger partial charge is 0.191 e. The maximum Gasteiger partial charge on any atom is 0.191 e. The predicted molar refractivity (Wildman–Crippen MR) is 112 cm³/mol. The maximum atomic E-state index is 4.69. The van der Waals surface area contributed by atoms with Crippen molar-refractivity contribution in [2.45, 2.75) is 38.6 Å². The van der Waals surface area contributed by atoms with E-state index < -0.39 is 0 Å². The van der Waals surface area contributed by atoms with Gasteiger partial charge in [-0.2, -0.15) is 0 Å². The fourth-order valence-corrected chi connectivity index (χ4v) is 3.46. The molecule has 1 aromatic carbocycles. The zero-order valence-electron chi connectivity index (χ0n) is 14.2. The maximum absolute atomic E-state index is 4.69. The lowest BCUT2D eigenvalue weighted by atomic mass is 9.96. The number of nitrogens with zero attached hydrogens (tertiary/aromatic N) is 2. The van der Waals surface area contributed by atoms with Crippen LogP contribution in [0.25, 0.3) is 0 Å². The Balaban J connectivity index is 0.00000208. The molecule has 1 heterocycles. The molecule has 0 atom stereocenters. The van der Waals surface area contributed by atoms with Gasteiger partial charge in [-0.25, -0.2) is 9.98 Å². The molecule has 0 spiro atoms. The van der Waals surface area contributed by atoms with Gasteiger partial charge in [0.25, 0.3) is 0 Å². The van der Waals surface area contributed by atoms with Gasteiger partial charge >= 0.3 is 0 Å². The molecule has 130 valence electrons. The molecule has 0 bridgehead atoms. The molecule has 0 saturated heterocycles. The van der Waals surface area contributed by atoms with E-state index in [1.807, 2.05) is 13.1 Å². The van der Waals surface area contributed by atoms with Crippen LogP contribution in [0.15, 0.2) is 41.5 Å². The van der Waals surface area contributed by atoms with E-state index in [1.54, 1.807) is 11.3 Å². The molecule has 2 aromatic rings. The van der Waals surface area contributed by atoms with E-state index in [2.05, 4.69) is 57.9 Å². The summed E-state index contributed by atoms with van der Waals surface area (Å²) in [5.74, 6) is 0.890. The standard InChI is InChI=1S/C18H24N4S.HI/c1-3-19-17(21-12-16-11-20-14(2)23-16)22-13-18(9-10-18)15-7-5-4-6-8-15;/h4-8,11H,3,9-10,12-13H2,1-2H3,(H2,19,21,22);1H. The third-order valence-electron chi connectivity index (χ3n) is 4.24. The van der Waals surface area contributed by atoms with Gasteiger partial charge in [-0.05, 0) is 32.3 Å².